The lowest BCUT2D eigenvalue weighted by Crippen LogP contribution is -2.45. The second-order valence-electron chi connectivity index (χ2n) is 4.20. The number of hydrogen-bond donors (Lipinski definition) is 4. The Morgan fingerprint density at radius 2 is 2.40 bits per heavy atom. The van der Waals surface area contributed by atoms with E-state index in [1.807, 2.05) is 0 Å². The van der Waals surface area contributed by atoms with Crippen molar-refractivity contribution >= 4 is 0 Å². The van der Waals surface area contributed by atoms with Gasteiger partial charge in [0.2, 0.25) is 11.3 Å². The van der Waals surface area contributed by atoms with Crippen LogP contribution in [0.3, 0.4) is 0 Å². The first-order valence-electron chi connectivity index (χ1n) is 5.58. The van der Waals surface area contributed by atoms with Crippen LogP contribution in [-0.4, -0.2) is 49.5 Å². The van der Waals surface area contributed by atoms with Gasteiger partial charge in [-0.1, -0.05) is 11.1 Å². The molecule has 1 aliphatic heterocycles. The van der Waals surface area contributed by atoms with Crippen molar-refractivity contribution in [2.75, 3.05) is 6.61 Å². The van der Waals surface area contributed by atoms with Crippen molar-refractivity contribution in [1.29, 1.82) is 0 Å². The van der Waals surface area contributed by atoms with E-state index in [1.54, 1.807) is 5.92 Å². The zero-order valence-corrected chi connectivity index (χ0v) is 10.1. The number of alkyl halides is 1. The molecule has 1 saturated heterocycles. The second-order valence-corrected chi connectivity index (χ2v) is 4.20. The molecule has 4 atom stereocenters. The lowest BCUT2D eigenvalue weighted by Gasteiger charge is -2.24. The Morgan fingerprint density at radius 1 is 1.70 bits per heavy atom. The number of hydrogen-bond acceptors (Lipinski definition) is 6. The molecule has 0 amide bonds. The van der Waals surface area contributed by atoms with E-state index in [0.717, 1.165) is 16.8 Å². The van der Waals surface area contributed by atoms with Gasteiger partial charge in [0.05, 0.1) is 6.61 Å². The Morgan fingerprint density at radius 3 is 2.95 bits per heavy atom. The van der Waals surface area contributed by atoms with Crippen molar-refractivity contribution in [3.63, 3.8) is 0 Å². The highest BCUT2D eigenvalue weighted by Crippen LogP contribution is 2.40. The van der Waals surface area contributed by atoms with Crippen LogP contribution in [0.5, 0.6) is 0 Å². The number of nitrogens with zero attached hydrogens (tertiary/aromatic N) is 2. The quantitative estimate of drug-likeness (QED) is 0.286. The molecule has 0 saturated carbocycles. The summed E-state index contributed by atoms with van der Waals surface area (Å²) in [6.07, 6.45) is 1.61. The van der Waals surface area contributed by atoms with Crippen molar-refractivity contribution in [3.05, 3.63) is 28.2 Å². The molecule has 0 radical (unpaired) electrons. The molecule has 0 bridgehead atoms. The van der Waals surface area contributed by atoms with Crippen molar-refractivity contribution in [2.24, 2.45) is 5.16 Å². The molecule has 0 aromatic carbocycles. The molecule has 1 fully saturated rings. The Balaban J connectivity index is 2.58. The van der Waals surface area contributed by atoms with Crippen LogP contribution in [0.2, 0.25) is 0 Å². The molecule has 0 unspecified atom stereocenters. The van der Waals surface area contributed by atoms with E-state index < -0.39 is 41.9 Å². The molecular weight excluding hydrogens is 273 g/mol. The Labute approximate surface area is 111 Å². The van der Waals surface area contributed by atoms with Crippen LogP contribution in [0.4, 0.5) is 4.39 Å². The fraction of sp³-hybridized carbons (Fsp3) is 0.455. The van der Waals surface area contributed by atoms with E-state index in [0.29, 0.717) is 0 Å². The summed E-state index contributed by atoms with van der Waals surface area (Å²) in [6, 6.07) is 1.04. The summed E-state index contributed by atoms with van der Waals surface area (Å²) in [5, 5.41) is 30.4. The number of H-pyrrole nitrogens is 1. The summed E-state index contributed by atoms with van der Waals surface area (Å²) in [5.74, 6) is 1.78. The van der Waals surface area contributed by atoms with Crippen LogP contribution in [0.1, 0.15) is 6.23 Å². The number of nitrogens with one attached hydrogen (secondary N) is 1. The van der Waals surface area contributed by atoms with E-state index in [4.69, 9.17) is 21.5 Å². The second kappa shape index (κ2) is 5.09. The number of aliphatic hydroxyl groups is 2. The number of halogens is 1. The standard InChI is InChI=1S/C11H12FN3O5/c1-2-11(12)8(18)6(5-16)20-9(11)15-4-3-7(17)13-10(15)14-19/h1,3-4,6,8-9,16,18-19H,5H2,(H,13,14,17)/t6-,8-,9-,11-/m1/s1. The fourth-order valence-corrected chi connectivity index (χ4v) is 2.02. The maximum atomic E-state index is 14.7. The minimum atomic E-state index is -2.66. The predicted octanol–water partition coefficient (Wildman–Crippen LogP) is -1.94. The SMILES string of the molecule is C#C[C@@]1(F)[C@H](O)[C@@H](CO)O[C@H]1n1ccc(=O)[nH]/c1=N\O. The molecular formula is C11H12FN3O5. The zero-order chi connectivity index (χ0) is 14.9. The predicted molar refractivity (Wildman–Crippen MR) is 62.1 cm³/mol. The smallest absolute Gasteiger partial charge is 0.252 e. The minimum absolute atomic E-state index is 0.412. The third-order valence-electron chi connectivity index (χ3n) is 3.06. The molecule has 0 spiro atoms. The van der Waals surface area contributed by atoms with Crippen molar-refractivity contribution in [3.8, 4) is 12.3 Å². The summed E-state index contributed by atoms with van der Waals surface area (Å²) in [7, 11) is 0. The Hall–Kier alpha value is -2.15. The first kappa shape index (κ1) is 14.3. The van der Waals surface area contributed by atoms with Crippen LogP contribution in [0.25, 0.3) is 0 Å². The zero-order valence-electron chi connectivity index (χ0n) is 10.1. The maximum Gasteiger partial charge on any atom is 0.252 e. The average Bonchev–Trinajstić information content (AvgIpc) is 2.72. The van der Waals surface area contributed by atoms with Gasteiger partial charge < -0.3 is 20.2 Å². The van der Waals surface area contributed by atoms with Gasteiger partial charge >= 0.3 is 0 Å². The van der Waals surface area contributed by atoms with Crippen LogP contribution in [0.15, 0.2) is 22.2 Å². The highest BCUT2D eigenvalue weighted by atomic mass is 19.1. The average molecular weight is 285 g/mol. The van der Waals surface area contributed by atoms with Crippen LogP contribution in [0, 0.1) is 12.3 Å². The molecule has 1 aromatic heterocycles. The lowest BCUT2D eigenvalue weighted by atomic mass is 9.97. The topological polar surface area (TPSA) is 120 Å². The van der Waals surface area contributed by atoms with Crippen molar-refractivity contribution in [2.45, 2.75) is 24.1 Å². The molecule has 20 heavy (non-hydrogen) atoms. The number of aromatic amines is 1. The molecule has 2 heterocycles. The van der Waals surface area contributed by atoms with Gasteiger partial charge in [0.25, 0.3) is 5.56 Å². The summed E-state index contributed by atoms with van der Waals surface area (Å²) in [4.78, 5) is 13.3. The van der Waals surface area contributed by atoms with Gasteiger partial charge in [-0.3, -0.25) is 14.3 Å². The molecule has 8 nitrogen and oxygen atoms in total. The van der Waals surface area contributed by atoms with E-state index in [2.05, 4.69) is 10.1 Å². The number of aliphatic hydroxyl groups excluding tert-OH is 2. The molecule has 4 N–H and O–H groups in total. The van der Waals surface area contributed by atoms with Crippen molar-refractivity contribution in [1.82, 2.24) is 9.55 Å². The van der Waals surface area contributed by atoms with Crippen LogP contribution < -0.4 is 11.2 Å². The van der Waals surface area contributed by atoms with Crippen molar-refractivity contribution < 1.29 is 24.5 Å². The van der Waals surface area contributed by atoms with Gasteiger partial charge in [0.15, 0.2) is 6.23 Å². The highest BCUT2D eigenvalue weighted by Gasteiger charge is 2.57. The summed E-state index contributed by atoms with van der Waals surface area (Å²) in [6.45, 7) is -0.652. The number of ether oxygens (including phenoxy) is 1. The Kier molecular flexibility index (Phi) is 3.63. The summed E-state index contributed by atoms with van der Waals surface area (Å²) >= 11 is 0. The van der Waals surface area contributed by atoms with Gasteiger partial charge in [-0.2, -0.15) is 0 Å². The third-order valence-corrected chi connectivity index (χ3v) is 3.06. The van der Waals surface area contributed by atoms with E-state index in [1.165, 1.54) is 0 Å². The number of aromatic nitrogens is 2. The van der Waals surface area contributed by atoms with Gasteiger partial charge in [0.1, 0.15) is 12.2 Å². The third kappa shape index (κ3) is 2.00. The first-order chi connectivity index (χ1) is 9.47. The summed E-state index contributed by atoms with van der Waals surface area (Å²) in [5.41, 5.74) is -3.66. The molecule has 2 rings (SSSR count). The van der Waals surface area contributed by atoms with Gasteiger partial charge in [-0.25, -0.2) is 4.39 Å². The number of rotatable bonds is 2. The molecule has 108 valence electrons. The molecule has 1 aliphatic rings. The van der Waals surface area contributed by atoms with Gasteiger partial charge in [-0.05, 0) is 0 Å². The van der Waals surface area contributed by atoms with Gasteiger partial charge in [0, 0.05) is 12.3 Å². The first-order valence-corrected chi connectivity index (χ1v) is 5.58. The molecule has 1 aromatic rings. The Bertz CT molecular complexity index is 663. The van der Waals surface area contributed by atoms with Crippen LogP contribution in [-0.2, 0) is 4.74 Å². The van der Waals surface area contributed by atoms with Gasteiger partial charge in [-0.15, -0.1) is 6.42 Å². The monoisotopic (exact) mass is 285 g/mol. The lowest BCUT2D eigenvalue weighted by molar-refractivity contribution is -0.0554. The van der Waals surface area contributed by atoms with E-state index in [-0.39, 0.29) is 0 Å². The minimum Gasteiger partial charge on any atom is -0.408 e. The highest BCUT2D eigenvalue weighted by molar-refractivity contribution is 5.19. The molecule has 9 heteroatoms. The fourth-order valence-electron chi connectivity index (χ4n) is 2.02. The number of terminal acetylenes is 1. The maximum absolute atomic E-state index is 14.7. The normalized spacial score (nSPS) is 34.1. The van der Waals surface area contributed by atoms with E-state index >= 15 is 0 Å². The molecule has 0 aliphatic carbocycles. The summed E-state index contributed by atoms with van der Waals surface area (Å²) < 4.78 is 20.7. The van der Waals surface area contributed by atoms with E-state index in [9.17, 15) is 14.3 Å². The largest absolute Gasteiger partial charge is 0.408 e. The van der Waals surface area contributed by atoms with Crippen LogP contribution >= 0.6 is 0 Å².